The highest BCUT2D eigenvalue weighted by molar-refractivity contribution is 5.88. The van der Waals surface area contributed by atoms with Crippen LogP contribution in [0.25, 0.3) is 10.9 Å². The minimum absolute atomic E-state index is 0.678. The van der Waals surface area contributed by atoms with Gasteiger partial charge in [-0.1, -0.05) is 12.1 Å². The van der Waals surface area contributed by atoms with Gasteiger partial charge in [0.15, 0.2) is 0 Å². The Bertz CT molecular complexity index is 553. The molecule has 1 aromatic heterocycles. The Balaban J connectivity index is 2.16. The summed E-state index contributed by atoms with van der Waals surface area (Å²) in [5.41, 5.74) is 0.989. The standard InChI is InChI=1S/C15H23N5/c1-16-11-14-18-13-8-5-4-7-12(13)15(19-14)17-9-6-10-20(2)3/h4-5,7-8,16H,6,9-11H2,1-3H3,(H,17,18,19). The second-order valence-corrected chi connectivity index (χ2v) is 5.12. The topological polar surface area (TPSA) is 53.1 Å². The number of benzene rings is 1. The van der Waals surface area contributed by atoms with Crippen LogP contribution in [0.5, 0.6) is 0 Å². The zero-order valence-electron chi connectivity index (χ0n) is 12.5. The number of hydrogen-bond donors (Lipinski definition) is 2. The van der Waals surface area contributed by atoms with Crippen LogP contribution in [0.2, 0.25) is 0 Å². The van der Waals surface area contributed by atoms with Gasteiger partial charge in [-0.15, -0.1) is 0 Å². The van der Waals surface area contributed by atoms with E-state index in [4.69, 9.17) is 0 Å². The third-order valence-corrected chi connectivity index (χ3v) is 3.06. The van der Waals surface area contributed by atoms with E-state index in [1.165, 1.54) is 0 Å². The molecule has 0 atom stereocenters. The van der Waals surface area contributed by atoms with Gasteiger partial charge < -0.3 is 15.5 Å². The van der Waals surface area contributed by atoms with Gasteiger partial charge >= 0.3 is 0 Å². The molecule has 2 aromatic rings. The van der Waals surface area contributed by atoms with E-state index in [1.54, 1.807) is 0 Å². The smallest absolute Gasteiger partial charge is 0.145 e. The molecule has 1 heterocycles. The summed E-state index contributed by atoms with van der Waals surface area (Å²) in [5, 5.41) is 7.62. The second-order valence-electron chi connectivity index (χ2n) is 5.12. The summed E-state index contributed by atoms with van der Waals surface area (Å²) >= 11 is 0. The van der Waals surface area contributed by atoms with Crippen LogP contribution < -0.4 is 10.6 Å². The van der Waals surface area contributed by atoms with Crippen molar-refractivity contribution in [2.45, 2.75) is 13.0 Å². The van der Waals surface area contributed by atoms with Crippen LogP contribution in [0.4, 0.5) is 5.82 Å². The molecule has 0 bridgehead atoms. The number of fused-ring (bicyclic) bond motifs is 1. The molecule has 0 radical (unpaired) electrons. The van der Waals surface area contributed by atoms with Crippen molar-refractivity contribution >= 4 is 16.7 Å². The lowest BCUT2D eigenvalue weighted by atomic mass is 10.2. The molecular weight excluding hydrogens is 250 g/mol. The van der Waals surface area contributed by atoms with Gasteiger partial charge in [0.05, 0.1) is 12.1 Å². The molecule has 5 nitrogen and oxygen atoms in total. The average molecular weight is 273 g/mol. The SMILES string of the molecule is CNCc1nc(NCCCN(C)C)c2ccccc2n1. The largest absolute Gasteiger partial charge is 0.369 e. The lowest BCUT2D eigenvalue weighted by Crippen LogP contribution is -2.17. The molecule has 0 unspecified atom stereocenters. The number of rotatable bonds is 7. The highest BCUT2D eigenvalue weighted by Crippen LogP contribution is 2.19. The molecular formula is C15H23N5. The summed E-state index contributed by atoms with van der Waals surface area (Å²) in [4.78, 5) is 11.4. The van der Waals surface area contributed by atoms with E-state index in [2.05, 4.69) is 45.7 Å². The highest BCUT2D eigenvalue weighted by Gasteiger charge is 2.06. The monoisotopic (exact) mass is 273 g/mol. The molecule has 20 heavy (non-hydrogen) atoms. The Morgan fingerprint density at radius 2 is 1.95 bits per heavy atom. The van der Waals surface area contributed by atoms with E-state index in [0.29, 0.717) is 6.54 Å². The zero-order valence-corrected chi connectivity index (χ0v) is 12.5. The summed E-state index contributed by atoms with van der Waals surface area (Å²) < 4.78 is 0. The van der Waals surface area contributed by atoms with Gasteiger partial charge in [0.2, 0.25) is 0 Å². The first-order valence-electron chi connectivity index (χ1n) is 6.99. The third-order valence-electron chi connectivity index (χ3n) is 3.06. The normalized spacial score (nSPS) is 11.2. The lowest BCUT2D eigenvalue weighted by Gasteiger charge is -2.12. The molecule has 0 spiro atoms. The van der Waals surface area contributed by atoms with Crippen molar-refractivity contribution in [2.75, 3.05) is 39.5 Å². The molecule has 108 valence electrons. The Labute approximate surface area is 120 Å². The molecule has 0 fully saturated rings. The average Bonchev–Trinajstić information content (AvgIpc) is 2.43. The van der Waals surface area contributed by atoms with E-state index < -0.39 is 0 Å². The maximum absolute atomic E-state index is 4.61. The number of nitrogens with one attached hydrogen (secondary N) is 2. The molecule has 2 rings (SSSR count). The molecule has 0 amide bonds. The van der Waals surface area contributed by atoms with Crippen molar-refractivity contribution in [2.24, 2.45) is 0 Å². The lowest BCUT2D eigenvalue weighted by molar-refractivity contribution is 0.405. The molecule has 5 heteroatoms. The predicted molar refractivity (Wildman–Crippen MR) is 84.0 cm³/mol. The van der Waals surface area contributed by atoms with Crippen LogP contribution in [-0.4, -0.2) is 49.1 Å². The summed E-state index contributed by atoms with van der Waals surface area (Å²) in [6, 6.07) is 8.12. The summed E-state index contributed by atoms with van der Waals surface area (Å²) in [6.07, 6.45) is 1.09. The molecule has 2 N–H and O–H groups in total. The fourth-order valence-electron chi connectivity index (χ4n) is 2.10. The van der Waals surface area contributed by atoms with Crippen molar-refractivity contribution < 1.29 is 0 Å². The van der Waals surface area contributed by atoms with Crippen LogP contribution in [0, 0.1) is 0 Å². The summed E-state index contributed by atoms with van der Waals surface area (Å²) in [7, 11) is 6.08. The maximum atomic E-state index is 4.61. The van der Waals surface area contributed by atoms with Crippen molar-refractivity contribution in [1.82, 2.24) is 20.2 Å². The van der Waals surface area contributed by atoms with Gasteiger partial charge in [-0.05, 0) is 46.2 Å². The van der Waals surface area contributed by atoms with Crippen LogP contribution in [0.1, 0.15) is 12.2 Å². The highest BCUT2D eigenvalue weighted by atomic mass is 15.1. The molecule has 0 aliphatic rings. The quantitative estimate of drug-likeness (QED) is 0.752. The number of nitrogens with zero attached hydrogens (tertiary/aromatic N) is 3. The first kappa shape index (κ1) is 14.7. The fourth-order valence-corrected chi connectivity index (χ4v) is 2.10. The summed E-state index contributed by atoms with van der Waals surface area (Å²) in [6.45, 7) is 2.66. The number of aromatic nitrogens is 2. The van der Waals surface area contributed by atoms with Crippen LogP contribution in [-0.2, 0) is 6.54 Å². The molecule has 0 aliphatic carbocycles. The van der Waals surface area contributed by atoms with Gasteiger partial charge in [-0.25, -0.2) is 9.97 Å². The van der Waals surface area contributed by atoms with Crippen molar-refractivity contribution in [3.63, 3.8) is 0 Å². The minimum atomic E-state index is 0.678. The van der Waals surface area contributed by atoms with Gasteiger partial charge in [-0.3, -0.25) is 0 Å². The van der Waals surface area contributed by atoms with Gasteiger partial charge in [0.25, 0.3) is 0 Å². The van der Waals surface area contributed by atoms with E-state index in [-0.39, 0.29) is 0 Å². The Hall–Kier alpha value is -1.72. The fraction of sp³-hybridized carbons (Fsp3) is 0.467. The van der Waals surface area contributed by atoms with E-state index in [1.807, 2.05) is 25.2 Å². The second kappa shape index (κ2) is 7.17. The minimum Gasteiger partial charge on any atom is -0.369 e. The number of para-hydroxylation sites is 1. The van der Waals surface area contributed by atoms with E-state index in [0.717, 1.165) is 42.1 Å². The van der Waals surface area contributed by atoms with Gasteiger partial charge in [0, 0.05) is 11.9 Å². The number of hydrogen-bond acceptors (Lipinski definition) is 5. The summed E-state index contributed by atoms with van der Waals surface area (Å²) in [5.74, 6) is 1.75. The van der Waals surface area contributed by atoms with Gasteiger partial charge in [0.1, 0.15) is 11.6 Å². The van der Waals surface area contributed by atoms with E-state index >= 15 is 0 Å². The molecule has 0 aliphatic heterocycles. The first-order valence-corrected chi connectivity index (χ1v) is 6.99. The van der Waals surface area contributed by atoms with Gasteiger partial charge in [-0.2, -0.15) is 0 Å². The Morgan fingerprint density at radius 1 is 1.15 bits per heavy atom. The first-order chi connectivity index (χ1) is 9.70. The maximum Gasteiger partial charge on any atom is 0.145 e. The van der Waals surface area contributed by atoms with E-state index in [9.17, 15) is 0 Å². The number of anilines is 1. The van der Waals surface area contributed by atoms with Crippen molar-refractivity contribution in [3.05, 3.63) is 30.1 Å². The van der Waals surface area contributed by atoms with Crippen molar-refractivity contribution in [3.8, 4) is 0 Å². The zero-order chi connectivity index (χ0) is 14.4. The Morgan fingerprint density at radius 3 is 2.70 bits per heavy atom. The van der Waals surface area contributed by atoms with Crippen LogP contribution in [0.3, 0.4) is 0 Å². The molecule has 0 saturated carbocycles. The predicted octanol–water partition coefficient (Wildman–Crippen LogP) is 1.71. The molecule has 1 aromatic carbocycles. The van der Waals surface area contributed by atoms with Crippen molar-refractivity contribution in [1.29, 1.82) is 0 Å². The third kappa shape index (κ3) is 3.88. The Kier molecular flexibility index (Phi) is 5.26. The van der Waals surface area contributed by atoms with Crippen LogP contribution >= 0.6 is 0 Å². The van der Waals surface area contributed by atoms with Crippen LogP contribution in [0.15, 0.2) is 24.3 Å². The molecule has 0 saturated heterocycles.